The molecule has 0 radical (unpaired) electrons. The van der Waals surface area contributed by atoms with Crippen molar-refractivity contribution in [2.75, 3.05) is 36.8 Å². The second kappa shape index (κ2) is 18.7. The molecule has 0 aliphatic rings. The molecule has 136 valence electrons. The molecule has 0 N–H and O–H groups in total. The van der Waals surface area contributed by atoms with E-state index in [4.69, 9.17) is 0 Å². The Kier molecular flexibility index (Phi) is 21.8. The predicted octanol–water partition coefficient (Wildman–Crippen LogP) is 3.54. The minimum atomic E-state index is 0. The van der Waals surface area contributed by atoms with Crippen molar-refractivity contribution in [1.82, 2.24) is 0 Å². The number of quaternary nitrogens is 1. The Morgan fingerprint density at radius 3 is 1.36 bits per heavy atom. The normalized spacial score (nSPS) is 11.5. The highest BCUT2D eigenvalue weighted by Crippen LogP contribution is 2.14. The highest BCUT2D eigenvalue weighted by atomic mass is 79.9. The first-order chi connectivity index (χ1) is 10.2. The fourth-order valence-electron chi connectivity index (χ4n) is 3.10. The Bertz CT molecular complexity index is 207. The summed E-state index contributed by atoms with van der Waals surface area (Å²) in [4.78, 5) is 0. The summed E-state index contributed by atoms with van der Waals surface area (Å²) in [5.74, 6) is 0. The van der Waals surface area contributed by atoms with Crippen LogP contribution in [0.4, 0.5) is 0 Å². The van der Waals surface area contributed by atoms with Gasteiger partial charge in [0.25, 0.3) is 0 Å². The fourth-order valence-corrected chi connectivity index (χ4v) is 4.61. The van der Waals surface area contributed by atoms with Gasteiger partial charge in [-0.15, -0.1) is 0 Å². The van der Waals surface area contributed by atoms with E-state index in [0.29, 0.717) is 0 Å². The molecule has 0 fully saturated rings. The SMILES string of the molecule is CCCCCCCCCCCC[N+](CC)(CCBr)CCBr.[Br-]. The molecule has 0 unspecified atom stereocenters. The van der Waals surface area contributed by atoms with Crippen molar-refractivity contribution in [2.24, 2.45) is 0 Å². The third-order valence-electron chi connectivity index (χ3n) is 4.77. The highest BCUT2D eigenvalue weighted by Gasteiger charge is 2.22. The van der Waals surface area contributed by atoms with Gasteiger partial charge in [-0.2, -0.15) is 0 Å². The summed E-state index contributed by atoms with van der Waals surface area (Å²) in [5.41, 5.74) is 0. The molecule has 0 aromatic carbocycles. The average molecular weight is 508 g/mol. The van der Waals surface area contributed by atoms with Gasteiger partial charge in [0.1, 0.15) is 0 Å². The van der Waals surface area contributed by atoms with E-state index in [1.807, 2.05) is 0 Å². The number of nitrogens with zero attached hydrogens (tertiary/aromatic N) is 1. The first kappa shape index (κ1) is 25.6. The number of hydrogen-bond donors (Lipinski definition) is 0. The fraction of sp³-hybridized carbons (Fsp3) is 1.00. The van der Waals surface area contributed by atoms with Crippen LogP contribution in [0.25, 0.3) is 0 Å². The summed E-state index contributed by atoms with van der Waals surface area (Å²) in [7, 11) is 0. The summed E-state index contributed by atoms with van der Waals surface area (Å²) in [6.07, 6.45) is 14.4. The number of rotatable bonds is 16. The monoisotopic (exact) mass is 505 g/mol. The van der Waals surface area contributed by atoms with Crippen LogP contribution in [-0.2, 0) is 0 Å². The lowest BCUT2D eigenvalue weighted by atomic mass is 10.1. The van der Waals surface area contributed by atoms with Crippen molar-refractivity contribution in [2.45, 2.75) is 78.1 Å². The lowest BCUT2D eigenvalue weighted by Crippen LogP contribution is -3.00. The van der Waals surface area contributed by atoms with Gasteiger partial charge in [0, 0.05) is 0 Å². The number of alkyl halides is 2. The van der Waals surface area contributed by atoms with Crippen LogP contribution in [0.1, 0.15) is 78.1 Å². The third kappa shape index (κ3) is 13.8. The topological polar surface area (TPSA) is 0 Å². The zero-order valence-corrected chi connectivity index (χ0v) is 19.7. The van der Waals surface area contributed by atoms with E-state index in [1.165, 1.54) is 94.9 Å². The molecule has 0 amide bonds. The van der Waals surface area contributed by atoms with Crippen LogP contribution in [0, 0.1) is 0 Å². The van der Waals surface area contributed by atoms with Gasteiger partial charge in [0.15, 0.2) is 0 Å². The Labute approximate surface area is 167 Å². The highest BCUT2D eigenvalue weighted by molar-refractivity contribution is 9.09. The van der Waals surface area contributed by atoms with E-state index in [2.05, 4.69) is 45.7 Å². The number of hydrogen-bond acceptors (Lipinski definition) is 0. The Morgan fingerprint density at radius 1 is 0.591 bits per heavy atom. The van der Waals surface area contributed by atoms with Gasteiger partial charge in [-0.25, -0.2) is 0 Å². The Hall–Kier alpha value is 1.40. The Morgan fingerprint density at radius 2 is 1.00 bits per heavy atom. The van der Waals surface area contributed by atoms with Crippen LogP contribution < -0.4 is 17.0 Å². The molecule has 0 rings (SSSR count). The molecule has 1 nitrogen and oxygen atoms in total. The van der Waals surface area contributed by atoms with Gasteiger partial charge in [0.2, 0.25) is 0 Å². The molecule has 0 aliphatic carbocycles. The molecule has 0 heterocycles. The molecule has 4 heteroatoms. The standard InChI is InChI=1S/C18H38Br2N.BrH/c1-3-5-6-7-8-9-10-11-12-13-16-21(4-2,17-14-19)18-15-20;/h3-18H2,1-2H3;1H/q+1;/p-1. The van der Waals surface area contributed by atoms with Crippen molar-refractivity contribution in [3.63, 3.8) is 0 Å². The first-order valence-electron chi connectivity index (χ1n) is 9.21. The molecule has 0 atom stereocenters. The van der Waals surface area contributed by atoms with E-state index in [0.717, 1.165) is 10.7 Å². The van der Waals surface area contributed by atoms with E-state index < -0.39 is 0 Å². The van der Waals surface area contributed by atoms with Gasteiger partial charge in [0.05, 0.1) is 36.8 Å². The summed E-state index contributed by atoms with van der Waals surface area (Å²) < 4.78 is 1.29. The van der Waals surface area contributed by atoms with E-state index >= 15 is 0 Å². The van der Waals surface area contributed by atoms with Gasteiger partial charge in [-0.05, 0) is 19.8 Å². The summed E-state index contributed by atoms with van der Waals surface area (Å²) >= 11 is 7.27. The van der Waals surface area contributed by atoms with Crippen LogP contribution in [0.15, 0.2) is 0 Å². The summed E-state index contributed by atoms with van der Waals surface area (Å²) in [6.45, 7) is 9.83. The van der Waals surface area contributed by atoms with Gasteiger partial charge < -0.3 is 21.5 Å². The van der Waals surface area contributed by atoms with Crippen LogP contribution in [0.3, 0.4) is 0 Å². The maximum atomic E-state index is 3.63. The maximum absolute atomic E-state index is 3.63. The van der Waals surface area contributed by atoms with Gasteiger partial charge in [-0.1, -0.05) is 90.2 Å². The molecular weight excluding hydrogens is 470 g/mol. The largest absolute Gasteiger partial charge is 1.00 e. The predicted molar refractivity (Wildman–Crippen MR) is 105 cm³/mol. The minimum Gasteiger partial charge on any atom is -1.00 e. The summed E-state index contributed by atoms with van der Waals surface area (Å²) in [5, 5.41) is 2.26. The quantitative estimate of drug-likeness (QED) is 0.170. The average Bonchev–Trinajstić information content (AvgIpc) is 2.49. The number of halogens is 3. The van der Waals surface area contributed by atoms with Crippen LogP contribution >= 0.6 is 31.9 Å². The van der Waals surface area contributed by atoms with E-state index in [9.17, 15) is 0 Å². The molecule has 22 heavy (non-hydrogen) atoms. The van der Waals surface area contributed by atoms with Crippen molar-refractivity contribution in [3.05, 3.63) is 0 Å². The van der Waals surface area contributed by atoms with Crippen molar-refractivity contribution >= 4 is 31.9 Å². The van der Waals surface area contributed by atoms with E-state index in [1.54, 1.807) is 0 Å². The summed E-state index contributed by atoms with van der Waals surface area (Å²) in [6, 6.07) is 0. The molecule has 0 aromatic rings. The third-order valence-corrected chi connectivity index (χ3v) is 5.48. The molecule has 0 spiro atoms. The molecule has 0 aromatic heterocycles. The minimum absolute atomic E-state index is 0. The van der Waals surface area contributed by atoms with Crippen LogP contribution in [0.5, 0.6) is 0 Å². The van der Waals surface area contributed by atoms with Crippen molar-refractivity contribution in [3.8, 4) is 0 Å². The van der Waals surface area contributed by atoms with Crippen LogP contribution in [0.2, 0.25) is 0 Å². The van der Waals surface area contributed by atoms with Gasteiger partial charge in [-0.3, -0.25) is 0 Å². The molecule has 0 aliphatic heterocycles. The Balaban J connectivity index is 0. The lowest BCUT2D eigenvalue weighted by Gasteiger charge is -2.37. The lowest BCUT2D eigenvalue weighted by molar-refractivity contribution is -0.922. The first-order valence-corrected chi connectivity index (χ1v) is 11.5. The smallest absolute Gasteiger partial charge is 0.0885 e. The van der Waals surface area contributed by atoms with Crippen LogP contribution in [-0.4, -0.2) is 41.3 Å². The van der Waals surface area contributed by atoms with Crippen molar-refractivity contribution in [1.29, 1.82) is 0 Å². The molecule has 0 saturated heterocycles. The van der Waals surface area contributed by atoms with Crippen molar-refractivity contribution < 1.29 is 21.5 Å². The second-order valence-electron chi connectivity index (χ2n) is 6.39. The second-order valence-corrected chi connectivity index (χ2v) is 7.97. The molecule has 0 bridgehead atoms. The molecule has 0 saturated carbocycles. The zero-order valence-electron chi connectivity index (χ0n) is 14.9. The number of unbranched alkanes of at least 4 members (excludes halogenated alkanes) is 9. The van der Waals surface area contributed by atoms with Gasteiger partial charge >= 0.3 is 0 Å². The van der Waals surface area contributed by atoms with E-state index in [-0.39, 0.29) is 17.0 Å². The zero-order chi connectivity index (χ0) is 15.8. The maximum Gasteiger partial charge on any atom is 0.0885 e. The molecular formula is C18H38Br3N.